The van der Waals surface area contributed by atoms with Gasteiger partial charge in [-0.25, -0.2) is 0 Å². The highest BCUT2D eigenvalue weighted by molar-refractivity contribution is 7.65. The van der Waals surface area contributed by atoms with E-state index in [-0.39, 0.29) is 11.7 Å². The van der Waals surface area contributed by atoms with Crippen LogP contribution in [0.25, 0.3) is 10.9 Å². The fourth-order valence-electron chi connectivity index (χ4n) is 3.14. The van der Waals surface area contributed by atoms with Gasteiger partial charge in [0.15, 0.2) is 0 Å². The minimum atomic E-state index is -3.35. The Morgan fingerprint density at radius 1 is 1.15 bits per heavy atom. The average Bonchev–Trinajstić information content (AvgIpc) is 2.97. The Morgan fingerprint density at radius 2 is 1.85 bits per heavy atom. The number of H-pyrrole nitrogens is 1. The molecule has 5 nitrogen and oxygen atoms in total. The minimum absolute atomic E-state index is 0.179. The molecular weight excluding hydrogens is 349 g/mol. The molecule has 0 saturated carbocycles. The first-order valence-electron chi connectivity index (χ1n) is 8.52. The fourth-order valence-corrected chi connectivity index (χ4v) is 3.83. The topological polar surface area (TPSA) is 82.6 Å². The van der Waals surface area contributed by atoms with Gasteiger partial charge in [-0.05, 0) is 55.7 Å². The normalized spacial score (nSPS) is 14.0. The third kappa shape index (κ3) is 3.37. The first-order chi connectivity index (χ1) is 12.1. The molecule has 138 valence electrons. The van der Waals surface area contributed by atoms with Gasteiger partial charge in [-0.3, -0.25) is 4.57 Å². The number of hydrogen-bond donors (Lipinski definition) is 3. The van der Waals surface area contributed by atoms with Gasteiger partial charge >= 0.3 is 0 Å². The first-order valence-corrected chi connectivity index (χ1v) is 10.6. The molecule has 2 aromatic carbocycles. The number of aromatic hydroxyl groups is 1. The van der Waals surface area contributed by atoms with Crippen LogP contribution in [0.15, 0.2) is 30.3 Å². The molecule has 0 bridgehead atoms. The second kappa shape index (κ2) is 6.49. The molecule has 3 rings (SSSR count). The van der Waals surface area contributed by atoms with Crippen molar-refractivity contribution in [2.75, 3.05) is 6.66 Å². The maximum atomic E-state index is 12.0. The van der Waals surface area contributed by atoms with Crippen molar-refractivity contribution in [1.82, 2.24) is 4.98 Å². The molecule has 0 fully saturated rings. The average molecular weight is 373 g/mol. The van der Waals surface area contributed by atoms with Crippen molar-refractivity contribution in [3.05, 3.63) is 47.0 Å². The Kier molecular flexibility index (Phi) is 4.63. The van der Waals surface area contributed by atoms with Crippen LogP contribution in [-0.4, -0.2) is 21.6 Å². The van der Waals surface area contributed by atoms with E-state index in [2.05, 4.69) is 4.98 Å². The van der Waals surface area contributed by atoms with Crippen LogP contribution in [0.2, 0.25) is 0 Å². The molecule has 26 heavy (non-hydrogen) atoms. The lowest BCUT2D eigenvalue weighted by atomic mass is 10.0. The van der Waals surface area contributed by atoms with Gasteiger partial charge in [-0.2, -0.15) is 0 Å². The number of phenolic OH excluding ortho intramolecular Hbond substituents is 1. The van der Waals surface area contributed by atoms with Gasteiger partial charge in [-0.1, -0.05) is 13.8 Å². The van der Waals surface area contributed by atoms with E-state index in [4.69, 9.17) is 4.74 Å². The zero-order valence-electron chi connectivity index (χ0n) is 15.6. The summed E-state index contributed by atoms with van der Waals surface area (Å²) in [5.41, 5.74) is 3.79. The van der Waals surface area contributed by atoms with Crippen LogP contribution in [0.3, 0.4) is 0 Å². The second-order valence-corrected chi connectivity index (χ2v) is 9.36. The minimum Gasteiger partial charge on any atom is -0.508 e. The van der Waals surface area contributed by atoms with E-state index in [0.29, 0.717) is 16.9 Å². The Morgan fingerprint density at radius 3 is 2.46 bits per heavy atom. The van der Waals surface area contributed by atoms with Crippen molar-refractivity contribution in [1.29, 1.82) is 0 Å². The Labute approximate surface area is 153 Å². The van der Waals surface area contributed by atoms with E-state index in [1.54, 1.807) is 18.2 Å². The highest BCUT2D eigenvalue weighted by Gasteiger charge is 2.20. The van der Waals surface area contributed by atoms with Crippen molar-refractivity contribution in [2.45, 2.75) is 33.6 Å². The molecule has 0 aliphatic carbocycles. The van der Waals surface area contributed by atoms with Gasteiger partial charge in [-0.15, -0.1) is 0 Å². The maximum absolute atomic E-state index is 12.0. The summed E-state index contributed by atoms with van der Waals surface area (Å²) >= 11 is 0. The number of fused-ring (bicyclic) bond motifs is 1. The van der Waals surface area contributed by atoms with Gasteiger partial charge in [0.25, 0.3) is 0 Å². The third-order valence-corrected chi connectivity index (χ3v) is 5.72. The Bertz CT molecular complexity index is 1030. The molecule has 0 saturated heterocycles. The number of hydrogen-bond acceptors (Lipinski definition) is 3. The van der Waals surface area contributed by atoms with Crippen LogP contribution < -0.4 is 10.2 Å². The van der Waals surface area contributed by atoms with E-state index >= 15 is 0 Å². The summed E-state index contributed by atoms with van der Waals surface area (Å²) in [4.78, 5) is 12.9. The van der Waals surface area contributed by atoms with Crippen molar-refractivity contribution < 1.29 is 19.3 Å². The number of nitrogens with one attached hydrogen (secondary N) is 1. The number of aromatic nitrogens is 1. The van der Waals surface area contributed by atoms with Crippen molar-refractivity contribution in [3.8, 4) is 17.2 Å². The number of benzene rings is 2. The zero-order chi connectivity index (χ0) is 19.2. The summed E-state index contributed by atoms with van der Waals surface area (Å²) in [6.07, 6.45) is 0. The fraction of sp³-hybridized carbons (Fsp3) is 0.300. The first kappa shape index (κ1) is 18.6. The number of phenols is 1. The van der Waals surface area contributed by atoms with Crippen molar-refractivity contribution >= 4 is 23.7 Å². The molecule has 3 N–H and O–H groups in total. The van der Waals surface area contributed by atoms with Crippen LogP contribution in [0, 0.1) is 13.8 Å². The summed E-state index contributed by atoms with van der Waals surface area (Å²) in [6, 6.07) is 8.86. The standard InChI is InChI=1S/C20H24NO4P/c1-11(2)15-9-14(6-7-18(15)22)25-20-12(3)8-17-16(13(20)4)10-19(21-17)26(5,23)24/h6-11,21-22H,1-5H3,(H,23,24). The smallest absolute Gasteiger partial charge is 0.242 e. The van der Waals surface area contributed by atoms with Gasteiger partial charge < -0.3 is 19.7 Å². The molecule has 0 aliphatic heterocycles. The van der Waals surface area contributed by atoms with Gasteiger partial charge in [0, 0.05) is 28.7 Å². The van der Waals surface area contributed by atoms with E-state index in [9.17, 15) is 14.6 Å². The maximum Gasteiger partial charge on any atom is 0.242 e. The molecule has 0 radical (unpaired) electrons. The van der Waals surface area contributed by atoms with Crippen molar-refractivity contribution in [2.24, 2.45) is 0 Å². The third-order valence-electron chi connectivity index (χ3n) is 4.59. The lowest BCUT2D eigenvalue weighted by Crippen LogP contribution is -2.02. The predicted molar refractivity (Wildman–Crippen MR) is 105 cm³/mol. The number of rotatable bonds is 4. The lowest BCUT2D eigenvalue weighted by molar-refractivity contribution is 0.453. The zero-order valence-corrected chi connectivity index (χ0v) is 16.5. The van der Waals surface area contributed by atoms with E-state index in [1.165, 1.54) is 6.66 Å². The quantitative estimate of drug-likeness (QED) is 0.566. The highest BCUT2D eigenvalue weighted by atomic mass is 31.2. The second-order valence-electron chi connectivity index (χ2n) is 7.12. The molecule has 6 heteroatoms. The van der Waals surface area contributed by atoms with Gasteiger partial charge in [0.2, 0.25) is 7.37 Å². The monoisotopic (exact) mass is 373 g/mol. The summed E-state index contributed by atoms with van der Waals surface area (Å²) < 4.78 is 18.1. The van der Waals surface area contributed by atoms with Crippen LogP contribution in [0.1, 0.15) is 36.5 Å². The summed E-state index contributed by atoms with van der Waals surface area (Å²) in [5.74, 6) is 1.80. The lowest BCUT2D eigenvalue weighted by Gasteiger charge is -2.15. The SMILES string of the molecule is Cc1cc2[nH]c(P(C)(=O)O)cc2c(C)c1Oc1ccc(O)c(C(C)C)c1. The summed E-state index contributed by atoms with van der Waals surface area (Å²) in [5, 5.41) is 10.9. The molecule has 1 heterocycles. The molecule has 0 amide bonds. The molecule has 1 unspecified atom stereocenters. The van der Waals surface area contributed by atoms with Crippen LogP contribution >= 0.6 is 7.37 Å². The van der Waals surface area contributed by atoms with Crippen LogP contribution in [0.4, 0.5) is 0 Å². The van der Waals surface area contributed by atoms with E-state index in [0.717, 1.165) is 27.6 Å². The van der Waals surface area contributed by atoms with E-state index in [1.807, 2.05) is 39.8 Å². The van der Waals surface area contributed by atoms with Gasteiger partial charge in [0.05, 0.1) is 0 Å². The summed E-state index contributed by atoms with van der Waals surface area (Å²) in [7, 11) is -3.35. The van der Waals surface area contributed by atoms with Crippen LogP contribution in [-0.2, 0) is 4.57 Å². The van der Waals surface area contributed by atoms with Gasteiger partial charge in [0.1, 0.15) is 22.7 Å². The Balaban J connectivity index is 2.08. The molecular formula is C20H24NO4P. The summed E-state index contributed by atoms with van der Waals surface area (Å²) in [6.45, 7) is 9.23. The Hall–Kier alpha value is -2.23. The molecule has 3 aromatic rings. The highest BCUT2D eigenvalue weighted by Crippen LogP contribution is 2.39. The molecule has 1 atom stereocenters. The number of aryl methyl sites for hydroxylation is 2. The van der Waals surface area contributed by atoms with E-state index < -0.39 is 7.37 Å². The van der Waals surface area contributed by atoms with Crippen molar-refractivity contribution in [3.63, 3.8) is 0 Å². The molecule has 0 aliphatic rings. The number of ether oxygens (including phenoxy) is 1. The predicted octanol–water partition coefficient (Wildman–Crippen LogP) is 4.93. The van der Waals surface area contributed by atoms with Crippen LogP contribution in [0.5, 0.6) is 17.2 Å². The molecule has 0 spiro atoms. The largest absolute Gasteiger partial charge is 0.508 e. The number of aromatic amines is 1. The molecule has 1 aromatic heterocycles.